The molecule has 0 bridgehead atoms. The van der Waals surface area contributed by atoms with Crippen molar-refractivity contribution >= 4 is 22.8 Å². The number of nitrogens with zero attached hydrogens (tertiary/aromatic N) is 4. The number of hydrogen-bond acceptors (Lipinski definition) is 6. The van der Waals surface area contributed by atoms with Gasteiger partial charge in [-0.25, -0.2) is 0 Å². The van der Waals surface area contributed by atoms with Crippen molar-refractivity contribution in [3.63, 3.8) is 0 Å². The summed E-state index contributed by atoms with van der Waals surface area (Å²) in [5.41, 5.74) is 6.53. The molecule has 1 saturated heterocycles. The summed E-state index contributed by atoms with van der Waals surface area (Å²) < 4.78 is 5.92. The van der Waals surface area contributed by atoms with Crippen LogP contribution in [0.25, 0.3) is 11.0 Å². The number of aromatic amines is 1. The molecule has 0 radical (unpaired) electrons. The third kappa shape index (κ3) is 1.81. The van der Waals surface area contributed by atoms with E-state index in [1.165, 1.54) is 12.8 Å². The number of ether oxygens (including phenoxy) is 1. The van der Waals surface area contributed by atoms with Crippen molar-refractivity contribution in [3.8, 4) is 0 Å². The van der Waals surface area contributed by atoms with E-state index in [0.717, 1.165) is 37.2 Å². The molecule has 4 rings (SSSR count). The summed E-state index contributed by atoms with van der Waals surface area (Å²) in [7, 11) is 0. The summed E-state index contributed by atoms with van der Waals surface area (Å²) in [6, 6.07) is 0.393. The second-order valence-electron chi connectivity index (χ2n) is 5.49. The highest BCUT2D eigenvalue weighted by molar-refractivity contribution is 5.87. The Morgan fingerprint density at radius 1 is 1.30 bits per heavy atom. The molecular formula is C13H18N6O. The minimum absolute atomic E-state index is 0.288. The third-order valence-electron chi connectivity index (χ3n) is 4.31. The van der Waals surface area contributed by atoms with E-state index in [1.54, 1.807) is 6.20 Å². The van der Waals surface area contributed by atoms with Gasteiger partial charge in [-0.15, -0.1) is 0 Å². The highest BCUT2D eigenvalue weighted by Gasteiger charge is 2.35. The van der Waals surface area contributed by atoms with E-state index in [0.29, 0.717) is 17.8 Å². The Morgan fingerprint density at radius 2 is 2.20 bits per heavy atom. The van der Waals surface area contributed by atoms with Crippen LogP contribution in [0.5, 0.6) is 0 Å². The van der Waals surface area contributed by atoms with Crippen molar-refractivity contribution in [2.75, 3.05) is 23.8 Å². The molecule has 1 aliphatic heterocycles. The largest absolute Gasteiger partial charge is 0.374 e. The molecule has 0 amide bonds. The van der Waals surface area contributed by atoms with Gasteiger partial charge in [0.2, 0.25) is 5.95 Å². The fraction of sp³-hybridized carbons (Fsp3) is 0.615. The summed E-state index contributed by atoms with van der Waals surface area (Å²) in [4.78, 5) is 11.0. The molecule has 20 heavy (non-hydrogen) atoms. The van der Waals surface area contributed by atoms with Crippen LogP contribution in [0.15, 0.2) is 6.20 Å². The molecule has 2 fully saturated rings. The lowest BCUT2D eigenvalue weighted by Gasteiger charge is -2.44. The standard InChI is InChI=1S/C13H18N6O/c14-13-16-11-8(7-15-18-11)12(17-13)19-5-6-20-10-4-2-1-3-9(10)19/h7,9-10H,1-6H2,(H3,14,15,16,17,18). The monoisotopic (exact) mass is 274 g/mol. The Labute approximate surface area is 116 Å². The first-order chi connectivity index (χ1) is 9.83. The number of H-pyrrole nitrogens is 1. The number of morpholine rings is 1. The molecule has 7 nitrogen and oxygen atoms in total. The van der Waals surface area contributed by atoms with E-state index in [2.05, 4.69) is 25.1 Å². The molecular weight excluding hydrogens is 256 g/mol. The lowest BCUT2D eigenvalue weighted by molar-refractivity contribution is -0.00886. The number of anilines is 2. The van der Waals surface area contributed by atoms with Gasteiger partial charge in [-0.05, 0) is 12.8 Å². The maximum Gasteiger partial charge on any atom is 0.224 e. The van der Waals surface area contributed by atoms with Gasteiger partial charge in [-0.2, -0.15) is 15.1 Å². The van der Waals surface area contributed by atoms with Gasteiger partial charge in [-0.3, -0.25) is 5.10 Å². The molecule has 2 aromatic rings. The lowest BCUT2D eigenvalue weighted by atomic mass is 9.90. The van der Waals surface area contributed by atoms with Crippen molar-refractivity contribution < 1.29 is 4.74 Å². The number of hydrogen-bond donors (Lipinski definition) is 2. The predicted molar refractivity (Wildman–Crippen MR) is 75.4 cm³/mol. The number of nitrogens with two attached hydrogens (primary N) is 1. The fourth-order valence-corrected chi connectivity index (χ4v) is 3.41. The van der Waals surface area contributed by atoms with Crippen LogP contribution in [0, 0.1) is 0 Å². The van der Waals surface area contributed by atoms with Crippen LogP contribution >= 0.6 is 0 Å². The van der Waals surface area contributed by atoms with Gasteiger partial charge in [0.15, 0.2) is 5.65 Å². The number of rotatable bonds is 1. The lowest BCUT2D eigenvalue weighted by Crippen LogP contribution is -2.53. The van der Waals surface area contributed by atoms with Crippen LogP contribution in [0.2, 0.25) is 0 Å². The Morgan fingerprint density at radius 3 is 3.15 bits per heavy atom. The van der Waals surface area contributed by atoms with Crippen LogP contribution in [0.1, 0.15) is 25.7 Å². The van der Waals surface area contributed by atoms with Crippen molar-refractivity contribution in [1.82, 2.24) is 20.2 Å². The normalized spacial score (nSPS) is 26.7. The molecule has 2 unspecified atom stereocenters. The summed E-state index contributed by atoms with van der Waals surface area (Å²) in [6.07, 6.45) is 6.87. The predicted octanol–water partition coefficient (Wildman–Crippen LogP) is 1.08. The van der Waals surface area contributed by atoms with Crippen molar-refractivity contribution in [2.24, 2.45) is 0 Å². The Hall–Kier alpha value is -1.89. The SMILES string of the molecule is Nc1nc(N2CCOC3CCCCC32)c2cn[nH]c2n1. The van der Waals surface area contributed by atoms with Crippen molar-refractivity contribution in [1.29, 1.82) is 0 Å². The zero-order chi connectivity index (χ0) is 13.5. The van der Waals surface area contributed by atoms with Gasteiger partial charge in [0.1, 0.15) is 5.82 Å². The molecule has 0 aromatic carbocycles. The molecule has 7 heteroatoms. The van der Waals surface area contributed by atoms with Gasteiger partial charge in [0.25, 0.3) is 0 Å². The second kappa shape index (κ2) is 4.59. The molecule has 0 spiro atoms. The van der Waals surface area contributed by atoms with E-state index in [9.17, 15) is 0 Å². The minimum atomic E-state index is 0.288. The Bertz CT molecular complexity index is 624. The summed E-state index contributed by atoms with van der Waals surface area (Å²) >= 11 is 0. The molecule has 2 aliphatic rings. The highest BCUT2D eigenvalue weighted by atomic mass is 16.5. The molecule has 1 saturated carbocycles. The molecule has 2 aromatic heterocycles. The average Bonchev–Trinajstić information content (AvgIpc) is 2.94. The van der Waals surface area contributed by atoms with Gasteiger partial charge in [0, 0.05) is 6.54 Å². The highest BCUT2D eigenvalue weighted by Crippen LogP contribution is 2.33. The number of nitrogens with one attached hydrogen (secondary N) is 1. The second-order valence-corrected chi connectivity index (χ2v) is 5.49. The van der Waals surface area contributed by atoms with Crippen molar-refractivity contribution in [2.45, 2.75) is 37.8 Å². The van der Waals surface area contributed by atoms with E-state index in [4.69, 9.17) is 10.5 Å². The summed E-state index contributed by atoms with van der Waals surface area (Å²) in [6.45, 7) is 1.59. The molecule has 3 heterocycles. The van der Waals surface area contributed by atoms with Gasteiger partial charge < -0.3 is 15.4 Å². The van der Waals surface area contributed by atoms with Gasteiger partial charge in [-0.1, -0.05) is 12.8 Å². The Kier molecular flexibility index (Phi) is 2.73. The molecule has 1 aliphatic carbocycles. The first-order valence-corrected chi connectivity index (χ1v) is 7.18. The number of nitrogen functional groups attached to an aromatic ring is 1. The first kappa shape index (κ1) is 11.9. The quantitative estimate of drug-likeness (QED) is 0.808. The van der Waals surface area contributed by atoms with Crippen LogP contribution in [-0.4, -0.2) is 45.5 Å². The van der Waals surface area contributed by atoms with E-state index in [-0.39, 0.29) is 5.95 Å². The van der Waals surface area contributed by atoms with Crippen LogP contribution in [-0.2, 0) is 4.74 Å². The smallest absolute Gasteiger partial charge is 0.224 e. The topological polar surface area (TPSA) is 93.0 Å². The molecule has 2 atom stereocenters. The minimum Gasteiger partial charge on any atom is -0.374 e. The first-order valence-electron chi connectivity index (χ1n) is 7.18. The van der Waals surface area contributed by atoms with E-state index >= 15 is 0 Å². The van der Waals surface area contributed by atoms with E-state index in [1.807, 2.05) is 0 Å². The summed E-state index contributed by atoms with van der Waals surface area (Å²) in [5.74, 6) is 1.18. The van der Waals surface area contributed by atoms with Crippen molar-refractivity contribution in [3.05, 3.63) is 6.20 Å². The zero-order valence-corrected chi connectivity index (χ0v) is 11.2. The van der Waals surface area contributed by atoms with Crippen LogP contribution < -0.4 is 10.6 Å². The van der Waals surface area contributed by atoms with Gasteiger partial charge >= 0.3 is 0 Å². The van der Waals surface area contributed by atoms with Gasteiger partial charge in [0.05, 0.1) is 30.3 Å². The van der Waals surface area contributed by atoms with Crippen LogP contribution in [0.3, 0.4) is 0 Å². The average molecular weight is 274 g/mol. The Balaban J connectivity index is 1.79. The maximum atomic E-state index is 5.92. The van der Waals surface area contributed by atoms with Crippen LogP contribution in [0.4, 0.5) is 11.8 Å². The fourth-order valence-electron chi connectivity index (χ4n) is 3.41. The molecule has 3 N–H and O–H groups in total. The summed E-state index contributed by atoms with van der Waals surface area (Å²) in [5, 5.41) is 7.87. The number of aromatic nitrogens is 4. The zero-order valence-electron chi connectivity index (χ0n) is 11.2. The molecule has 106 valence electrons. The number of fused-ring (bicyclic) bond motifs is 2. The maximum absolute atomic E-state index is 5.92. The van der Waals surface area contributed by atoms with E-state index < -0.39 is 0 Å². The third-order valence-corrected chi connectivity index (χ3v) is 4.31.